The van der Waals surface area contributed by atoms with Gasteiger partial charge in [-0.2, -0.15) is 0 Å². The Morgan fingerprint density at radius 3 is 2.42 bits per heavy atom. The minimum atomic E-state index is -3.44. The molecule has 1 aromatic carbocycles. The molecule has 1 aliphatic carbocycles. The maximum atomic E-state index is 12.8. The van der Waals surface area contributed by atoms with E-state index in [0.717, 1.165) is 49.2 Å². The number of benzene rings is 1. The highest BCUT2D eigenvalue weighted by Crippen LogP contribution is 2.39. The number of methoxy groups -OCH3 is 1. The van der Waals surface area contributed by atoms with Crippen LogP contribution in [0.1, 0.15) is 42.9 Å². The molecule has 24 heavy (non-hydrogen) atoms. The van der Waals surface area contributed by atoms with Crippen LogP contribution in [0.2, 0.25) is 0 Å². The minimum Gasteiger partial charge on any atom is -1.00 e. The third-order valence-corrected chi connectivity index (χ3v) is 7.13. The summed E-state index contributed by atoms with van der Waals surface area (Å²) in [6.07, 6.45) is 5.54. The lowest BCUT2D eigenvalue weighted by Gasteiger charge is -2.33. The SMILES string of the molecule is COc1ccc(S(=O)(=O)N(C)C)c2c1CCCC2[NH+]1CCCC1.[Cl-]. The predicted molar refractivity (Wildman–Crippen MR) is 89.5 cm³/mol. The molecule has 0 spiro atoms. The largest absolute Gasteiger partial charge is 1.00 e. The highest BCUT2D eigenvalue weighted by Gasteiger charge is 2.38. The van der Waals surface area contributed by atoms with Gasteiger partial charge in [-0.1, -0.05) is 0 Å². The molecule has 2 aliphatic rings. The van der Waals surface area contributed by atoms with E-state index in [2.05, 4.69) is 0 Å². The molecule has 0 aromatic heterocycles. The summed E-state index contributed by atoms with van der Waals surface area (Å²) in [6.45, 7) is 2.28. The van der Waals surface area contributed by atoms with Gasteiger partial charge in [0.1, 0.15) is 11.8 Å². The van der Waals surface area contributed by atoms with E-state index in [1.807, 2.05) is 6.07 Å². The zero-order valence-corrected chi connectivity index (χ0v) is 16.2. The number of sulfonamides is 1. The Morgan fingerprint density at radius 2 is 1.83 bits per heavy atom. The zero-order valence-electron chi connectivity index (χ0n) is 14.6. The maximum absolute atomic E-state index is 12.8. The maximum Gasteiger partial charge on any atom is 0.243 e. The molecule has 1 aliphatic heterocycles. The Morgan fingerprint density at radius 1 is 1.17 bits per heavy atom. The number of quaternary nitrogens is 1. The number of fused-ring (bicyclic) bond motifs is 1. The molecule has 0 radical (unpaired) electrons. The topological polar surface area (TPSA) is 51.1 Å². The number of nitrogens with one attached hydrogen (secondary N) is 1. The monoisotopic (exact) mass is 374 g/mol. The lowest BCUT2D eigenvalue weighted by atomic mass is 9.86. The molecule has 136 valence electrons. The molecule has 1 saturated heterocycles. The quantitative estimate of drug-likeness (QED) is 0.663. The Balaban J connectivity index is 0.00000208. The number of ether oxygens (including phenoxy) is 1. The highest BCUT2D eigenvalue weighted by molar-refractivity contribution is 7.89. The summed E-state index contributed by atoms with van der Waals surface area (Å²) in [6, 6.07) is 3.83. The first-order valence-corrected chi connectivity index (χ1v) is 9.87. The lowest BCUT2D eigenvalue weighted by Crippen LogP contribution is -3.10. The summed E-state index contributed by atoms with van der Waals surface area (Å²) in [5.74, 6) is 0.834. The van der Waals surface area contributed by atoms with Crippen LogP contribution in [-0.4, -0.2) is 47.0 Å². The first-order chi connectivity index (χ1) is 11.0. The van der Waals surface area contributed by atoms with Crippen molar-refractivity contribution in [2.45, 2.75) is 43.0 Å². The van der Waals surface area contributed by atoms with Crippen molar-refractivity contribution in [3.05, 3.63) is 23.3 Å². The van der Waals surface area contributed by atoms with Crippen molar-refractivity contribution in [1.29, 1.82) is 0 Å². The number of rotatable bonds is 4. The summed E-state index contributed by atoms with van der Waals surface area (Å²) < 4.78 is 32.5. The van der Waals surface area contributed by atoms with Gasteiger partial charge in [0, 0.05) is 44.5 Å². The van der Waals surface area contributed by atoms with Crippen molar-refractivity contribution in [1.82, 2.24) is 4.31 Å². The third-order valence-electron chi connectivity index (χ3n) is 5.26. The molecule has 1 fully saturated rings. The summed E-state index contributed by atoms with van der Waals surface area (Å²) in [5.41, 5.74) is 2.12. The number of nitrogens with zero attached hydrogens (tertiary/aromatic N) is 1. The van der Waals surface area contributed by atoms with Crippen LogP contribution in [0.25, 0.3) is 0 Å². The van der Waals surface area contributed by atoms with Crippen LogP contribution in [0, 0.1) is 0 Å². The molecule has 3 rings (SSSR count). The molecule has 1 aromatic rings. The van der Waals surface area contributed by atoms with E-state index < -0.39 is 10.0 Å². The van der Waals surface area contributed by atoms with E-state index in [1.165, 1.54) is 22.0 Å². The van der Waals surface area contributed by atoms with Crippen molar-refractivity contribution in [3.63, 3.8) is 0 Å². The van der Waals surface area contributed by atoms with Crippen LogP contribution in [0.15, 0.2) is 17.0 Å². The van der Waals surface area contributed by atoms with Crippen molar-refractivity contribution < 1.29 is 30.5 Å². The molecular weight excluding hydrogens is 348 g/mol. The van der Waals surface area contributed by atoms with Crippen LogP contribution < -0.4 is 22.0 Å². The molecule has 1 heterocycles. The van der Waals surface area contributed by atoms with Gasteiger partial charge in [0.15, 0.2) is 0 Å². The van der Waals surface area contributed by atoms with Crippen LogP contribution >= 0.6 is 0 Å². The molecule has 1 unspecified atom stereocenters. The van der Waals surface area contributed by atoms with Crippen LogP contribution in [-0.2, 0) is 16.4 Å². The average molecular weight is 375 g/mol. The first kappa shape index (κ1) is 19.5. The molecule has 5 nitrogen and oxygen atoms in total. The van der Waals surface area contributed by atoms with Crippen molar-refractivity contribution in [3.8, 4) is 5.75 Å². The first-order valence-electron chi connectivity index (χ1n) is 8.43. The molecule has 0 bridgehead atoms. The summed E-state index contributed by atoms with van der Waals surface area (Å²) in [4.78, 5) is 2.01. The second-order valence-corrected chi connectivity index (χ2v) is 8.88. The molecule has 0 amide bonds. The summed E-state index contributed by atoms with van der Waals surface area (Å²) in [7, 11) is 1.43. The second-order valence-electron chi connectivity index (χ2n) is 6.76. The third kappa shape index (κ3) is 3.29. The van der Waals surface area contributed by atoms with Gasteiger partial charge < -0.3 is 22.0 Å². The average Bonchev–Trinajstić information content (AvgIpc) is 3.07. The highest BCUT2D eigenvalue weighted by atomic mass is 35.5. The fourth-order valence-corrected chi connectivity index (χ4v) is 5.27. The summed E-state index contributed by atoms with van der Waals surface area (Å²) >= 11 is 0. The normalized spacial score (nSPS) is 21.4. The number of halogens is 1. The van der Waals surface area contributed by atoms with Gasteiger partial charge in [-0.15, -0.1) is 0 Å². The second kappa shape index (κ2) is 7.60. The molecule has 1 N–H and O–H groups in total. The molecule has 7 heteroatoms. The Bertz CT molecular complexity index is 685. The van der Waals surface area contributed by atoms with E-state index in [-0.39, 0.29) is 18.4 Å². The Kier molecular flexibility index (Phi) is 6.18. The van der Waals surface area contributed by atoms with Crippen LogP contribution in [0.4, 0.5) is 0 Å². The summed E-state index contributed by atoms with van der Waals surface area (Å²) in [5, 5.41) is 0. The van der Waals surface area contributed by atoms with E-state index in [9.17, 15) is 8.42 Å². The van der Waals surface area contributed by atoms with Gasteiger partial charge in [-0.3, -0.25) is 0 Å². The van der Waals surface area contributed by atoms with Crippen molar-refractivity contribution >= 4 is 10.0 Å². The lowest BCUT2D eigenvalue weighted by molar-refractivity contribution is -0.921. The minimum absolute atomic E-state index is 0. The Hall–Kier alpha value is -0.820. The van der Waals surface area contributed by atoms with E-state index >= 15 is 0 Å². The smallest absolute Gasteiger partial charge is 0.243 e. The van der Waals surface area contributed by atoms with E-state index in [4.69, 9.17) is 4.74 Å². The van der Waals surface area contributed by atoms with E-state index in [0.29, 0.717) is 4.90 Å². The number of hydrogen-bond acceptors (Lipinski definition) is 3. The number of hydrogen-bond donors (Lipinski definition) is 1. The van der Waals surface area contributed by atoms with Crippen LogP contribution in [0.3, 0.4) is 0 Å². The number of likely N-dealkylation sites (tertiary alicyclic amines) is 1. The fraction of sp³-hybridized carbons (Fsp3) is 0.647. The zero-order chi connectivity index (χ0) is 16.6. The van der Waals surface area contributed by atoms with Gasteiger partial charge in [0.05, 0.1) is 25.1 Å². The van der Waals surface area contributed by atoms with Gasteiger partial charge in [0.2, 0.25) is 10.0 Å². The molecule has 1 atom stereocenters. The standard InChI is InChI=1S/C17H26N2O3S.ClH/c1-18(2)23(20,21)16-10-9-15(22-3)13-7-6-8-14(17(13)16)19-11-4-5-12-19;/h9-10,14H,4-8,11-12H2,1-3H3;1H. The van der Waals surface area contributed by atoms with Gasteiger partial charge in [-0.05, 0) is 25.0 Å². The Labute approximate surface area is 151 Å². The van der Waals surface area contributed by atoms with Gasteiger partial charge >= 0.3 is 0 Å². The molecule has 0 saturated carbocycles. The van der Waals surface area contributed by atoms with Crippen LogP contribution in [0.5, 0.6) is 5.75 Å². The molecular formula is C17H27ClN2O3S. The predicted octanol–water partition coefficient (Wildman–Crippen LogP) is -1.99. The van der Waals surface area contributed by atoms with Gasteiger partial charge in [0.25, 0.3) is 0 Å². The van der Waals surface area contributed by atoms with Gasteiger partial charge in [-0.25, -0.2) is 12.7 Å². The van der Waals surface area contributed by atoms with E-state index in [1.54, 1.807) is 27.3 Å². The van der Waals surface area contributed by atoms with Crippen molar-refractivity contribution in [2.75, 3.05) is 34.3 Å². The van der Waals surface area contributed by atoms with Crippen molar-refractivity contribution in [2.24, 2.45) is 0 Å². The fourth-order valence-electron chi connectivity index (χ4n) is 4.09.